The smallest absolute Gasteiger partial charge is 0.410 e. The van der Waals surface area contributed by atoms with Crippen molar-refractivity contribution < 1.29 is 14.3 Å². The first-order valence-electron chi connectivity index (χ1n) is 6.75. The minimum Gasteiger partial charge on any atom is -0.444 e. The lowest BCUT2D eigenvalue weighted by Gasteiger charge is -2.29. The Bertz CT molecular complexity index is 483. The number of ether oxygens (including phenoxy) is 1. The van der Waals surface area contributed by atoms with E-state index in [9.17, 15) is 9.59 Å². The summed E-state index contributed by atoms with van der Waals surface area (Å²) in [4.78, 5) is 25.3. The molecule has 3 N–H and O–H groups in total. The molecule has 2 amide bonds. The average molecular weight is 293 g/mol. The van der Waals surface area contributed by atoms with Gasteiger partial charge < -0.3 is 4.74 Å². The minimum absolute atomic E-state index is 0.361. The number of nitrogens with two attached hydrogens (primary N) is 1. The summed E-state index contributed by atoms with van der Waals surface area (Å²) in [6.45, 7) is 5.32. The largest absolute Gasteiger partial charge is 0.444 e. The van der Waals surface area contributed by atoms with Gasteiger partial charge in [-0.05, 0) is 26.3 Å². The zero-order valence-corrected chi connectivity index (χ0v) is 12.9. The van der Waals surface area contributed by atoms with E-state index < -0.39 is 23.6 Å². The molecule has 1 rings (SSSR count). The lowest BCUT2D eigenvalue weighted by Crippen LogP contribution is -2.51. The zero-order chi connectivity index (χ0) is 16.0. The van der Waals surface area contributed by atoms with Gasteiger partial charge in [-0.25, -0.2) is 10.6 Å². The van der Waals surface area contributed by atoms with Crippen molar-refractivity contribution in [2.24, 2.45) is 5.84 Å². The van der Waals surface area contributed by atoms with Crippen molar-refractivity contribution >= 4 is 12.0 Å². The molecular weight excluding hydrogens is 270 g/mol. The molecule has 0 radical (unpaired) electrons. The van der Waals surface area contributed by atoms with Crippen molar-refractivity contribution in [3.63, 3.8) is 0 Å². The first-order valence-corrected chi connectivity index (χ1v) is 6.75. The maximum Gasteiger partial charge on any atom is 0.410 e. The Labute approximate surface area is 125 Å². The summed E-state index contributed by atoms with van der Waals surface area (Å²) in [7, 11) is 1.52. The summed E-state index contributed by atoms with van der Waals surface area (Å²) >= 11 is 0. The first kappa shape index (κ1) is 17.0. The third-order valence-corrected chi connectivity index (χ3v) is 2.87. The molecule has 6 heteroatoms. The summed E-state index contributed by atoms with van der Waals surface area (Å²) < 4.78 is 5.28. The molecule has 0 saturated carbocycles. The Morgan fingerprint density at radius 3 is 2.33 bits per heavy atom. The van der Waals surface area contributed by atoms with Crippen LogP contribution in [-0.4, -0.2) is 35.6 Å². The number of carbonyl (C=O) groups is 2. The van der Waals surface area contributed by atoms with Gasteiger partial charge in [-0.1, -0.05) is 30.3 Å². The van der Waals surface area contributed by atoms with Crippen molar-refractivity contribution in [3.05, 3.63) is 35.9 Å². The summed E-state index contributed by atoms with van der Waals surface area (Å²) in [5, 5.41) is 0. The fourth-order valence-corrected chi connectivity index (χ4v) is 1.80. The molecule has 0 aliphatic carbocycles. The van der Waals surface area contributed by atoms with Crippen LogP contribution < -0.4 is 11.3 Å². The monoisotopic (exact) mass is 293 g/mol. The Balaban J connectivity index is 2.87. The van der Waals surface area contributed by atoms with E-state index in [2.05, 4.69) is 5.43 Å². The second-order valence-electron chi connectivity index (χ2n) is 5.81. The van der Waals surface area contributed by atoms with Gasteiger partial charge in [-0.2, -0.15) is 0 Å². The number of amides is 2. The molecule has 0 fully saturated rings. The molecule has 0 aliphatic heterocycles. The van der Waals surface area contributed by atoms with E-state index in [1.54, 1.807) is 20.8 Å². The number of hydrogen-bond donors (Lipinski definition) is 2. The second-order valence-corrected chi connectivity index (χ2v) is 5.81. The molecule has 116 valence electrons. The second kappa shape index (κ2) is 7.08. The molecule has 0 saturated heterocycles. The third-order valence-electron chi connectivity index (χ3n) is 2.87. The van der Waals surface area contributed by atoms with Crippen LogP contribution in [0.2, 0.25) is 0 Å². The number of rotatable bonds is 4. The van der Waals surface area contributed by atoms with Gasteiger partial charge in [-0.15, -0.1) is 0 Å². The number of nitrogens with one attached hydrogen (secondary N) is 1. The van der Waals surface area contributed by atoms with Crippen molar-refractivity contribution in [1.82, 2.24) is 10.3 Å². The van der Waals surface area contributed by atoms with E-state index in [0.717, 1.165) is 5.56 Å². The van der Waals surface area contributed by atoms with Crippen LogP contribution in [0.1, 0.15) is 26.3 Å². The predicted molar refractivity (Wildman–Crippen MR) is 80.3 cm³/mol. The highest BCUT2D eigenvalue weighted by atomic mass is 16.6. The van der Waals surface area contributed by atoms with E-state index in [-0.39, 0.29) is 0 Å². The van der Waals surface area contributed by atoms with Crippen molar-refractivity contribution in [2.75, 3.05) is 7.05 Å². The molecule has 0 spiro atoms. The normalized spacial score (nSPS) is 12.4. The Morgan fingerprint density at radius 1 is 1.29 bits per heavy atom. The van der Waals surface area contributed by atoms with Crippen LogP contribution in [0.4, 0.5) is 4.79 Å². The van der Waals surface area contributed by atoms with Crippen LogP contribution >= 0.6 is 0 Å². The number of likely N-dealkylation sites (N-methyl/N-ethyl adjacent to an activating group) is 1. The highest BCUT2D eigenvalue weighted by Crippen LogP contribution is 2.13. The van der Waals surface area contributed by atoms with Crippen LogP contribution in [-0.2, 0) is 16.0 Å². The van der Waals surface area contributed by atoms with Crippen LogP contribution in [0.15, 0.2) is 30.3 Å². The lowest BCUT2D eigenvalue weighted by atomic mass is 10.0. The van der Waals surface area contributed by atoms with E-state index in [1.165, 1.54) is 11.9 Å². The summed E-state index contributed by atoms with van der Waals surface area (Å²) in [6, 6.07) is 8.69. The van der Waals surface area contributed by atoms with Gasteiger partial charge in [0, 0.05) is 13.5 Å². The Kier molecular flexibility index (Phi) is 5.72. The topological polar surface area (TPSA) is 84.7 Å². The van der Waals surface area contributed by atoms with Gasteiger partial charge in [-0.3, -0.25) is 15.1 Å². The molecule has 1 atom stereocenters. The molecule has 0 heterocycles. The molecule has 6 nitrogen and oxygen atoms in total. The summed E-state index contributed by atoms with van der Waals surface area (Å²) in [5.74, 6) is 4.78. The van der Waals surface area contributed by atoms with E-state index >= 15 is 0 Å². The first-order chi connectivity index (χ1) is 9.74. The van der Waals surface area contributed by atoms with E-state index in [1.807, 2.05) is 30.3 Å². The minimum atomic E-state index is -0.729. The summed E-state index contributed by atoms with van der Waals surface area (Å²) in [6.07, 6.45) is -0.202. The molecule has 0 unspecified atom stereocenters. The predicted octanol–water partition coefficient (Wildman–Crippen LogP) is 1.45. The van der Waals surface area contributed by atoms with Crippen molar-refractivity contribution in [1.29, 1.82) is 0 Å². The van der Waals surface area contributed by atoms with Crippen molar-refractivity contribution in [3.8, 4) is 0 Å². The highest BCUT2D eigenvalue weighted by molar-refractivity contribution is 5.85. The SMILES string of the molecule is CN(C(=O)OC(C)(C)C)[C@H](Cc1ccccc1)C(=O)NN. The maximum absolute atomic E-state index is 12.1. The molecule has 1 aromatic rings. The third kappa shape index (κ3) is 5.43. The van der Waals surface area contributed by atoms with Crippen LogP contribution in [0, 0.1) is 0 Å². The quantitative estimate of drug-likeness (QED) is 0.500. The van der Waals surface area contributed by atoms with Gasteiger partial charge in [0.25, 0.3) is 5.91 Å². The lowest BCUT2D eigenvalue weighted by molar-refractivity contribution is -0.126. The van der Waals surface area contributed by atoms with Gasteiger partial charge in [0.2, 0.25) is 0 Å². The van der Waals surface area contributed by atoms with Gasteiger partial charge in [0.1, 0.15) is 11.6 Å². The Morgan fingerprint density at radius 2 is 1.86 bits per heavy atom. The maximum atomic E-state index is 12.1. The van der Waals surface area contributed by atoms with Gasteiger partial charge in [0.15, 0.2) is 0 Å². The Hall–Kier alpha value is -2.08. The molecular formula is C15H23N3O3. The van der Waals surface area contributed by atoms with Crippen molar-refractivity contribution in [2.45, 2.75) is 38.8 Å². The molecule has 0 bridgehead atoms. The number of benzene rings is 1. The highest BCUT2D eigenvalue weighted by Gasteiger charge is 2.30. The van der Waals surface area contributed by atoms with E-state index in [0.29, 0.717) is 6.42 Å². The molecule has 0 aromatic heterocycles. The van der Waals surface area contributed by atoms with Gasteiger partial charge in [0.05, 0.1) is 0 Å². The summed E-state index contributed by atoms with van der Waals surface area (Å²) in [5.41, 5.74) is 2.40. The zero-order valence-electron chi connectivity index (χ0n) is 12.9. The average Bonchev–Trinajstić information content (AvgIpc) is 2.42. The number of hydrogen-bond acceptors (Lipinski definition) is 4. The molecule has 1 aromatic carbocycles. The number of carbonyl (C=O) groups excluding carboxylic acids is 2. The van der Waals surface area contributed by atoms with E-state index in [4.69, 9.17) is 10.6 Å². The fraction of sp³-hybridized carbons (Fsp3) is 0.467. The number of nitrogens with zero attached hydrogens (tertiary/aromatic N) is 1. The van der Waals surface area contributed by atoms with Gasteiger partial charge >= 0.3 is 6.09 Å². The number of hydrazine groups is 1. The van der Waals surface area contributed by atoms with Crippen LogP contribution in [0.3, 0.4) is 0 Å². The van der Waals surface area contributed by atoms with Crippen LogP contribution in [0.5, 0.6) is 0 Å². The molecule has 21 heavy (non-hydrogen) atoms. The fourth-order valence-electron chi connectivity index (χ4n) is 1.80. The molecule has 0 aliphatic rings. The van der Waals surface area contributed by atoms with Crippen LogP contribution in [0.25, 0.3) is 0 Å². The standard InChI is InChI=1S/C15H23N3O3/c1-15(2,3)21-14(20)18(4)12(13(19)17-16)10-11-8-6-5-7-9-11/h5-9,12H,10,16H2,1-4H3,(H,17,19)/t12-/m1/s1.